The van der Waals surface area contributed by atoms with Gasteiger partial charge in [-0.25, -0.2) is 0 Å². The molecule has 0 amide bonds. The van der Waals surface area contributed by atoms with Gasteiger partial charge in [0.1, 0.15) is 0 Å². The van der Waals surface area contributed by atoms with Crippen LogP contribution in [0, 0.1) is 5.92 Å². The predicted molar refractivity (Wildman–Crippen MR) is 84.8 cm³/mol. The lowest BCUT2D eigenvalue weighted by Gasteiger charge is -2.16. The molecule has 3 heteroatoms. The SMILES string of the molecule is CCOc1ccc(CC(C)CNC(C)C)cc1OCC. The van der Waals surface area contributed by atoms with Crippen LogP contribution < -0.4 is 14.8 Å². The van der Waals surface area contributed by atoms with Crippen molar-refractivity contribution in [1.82, 2.24) is 5.32 Å². The van der Waals surface area contributed by atoms with Gasteiger partial charge in [-0.05, 0) is 50.4 Å². The Kier molecular flexibility index (Phi) is 7.45. The molecule has 1 unspecified atom stereocenters. The van der Waals surface area contributed by atoms with E-state index in [1.54, 1.807) is 0 Å². The van der Waals surface area contributed by atoms with E-state index in [0.29, 0.717) is 25.2 Å². The topological polar surface area (TPSA) is 30.5 Å². The highest BCUT2D eigenvalue weighted by molar-refractivity contribution is 5.43. The van der Waals surface area contributed by atoms with Gasteiger partial charge < -0.3 is 14.8 Å². The number of nitrogens with one attached hydrogen (secondary N) is 1. The number of rotatable bonds is 9. The Morgan fingerprint density at radius 2 is 1.65 bits per heavy atom. The van der Waals surface area contributed by atoms with Crippen LogP contribution in [0.5, 0.6) is 11.5 Å². The molecule has 0 bridgehead atoms. The summed E-state index contributed by atoms with van der Waals surface area (Å²) in [4.78, 5) is 0. The highest BCUT2D eigenvalue weighted by Gasteiger charge is 2.09. The van der Waals surface area contributed by atoms with Crippen LogP contribution in [0.2, 0.25) is 0 Å². The van der Waals surface area contributed by atoms with Crippen molar-refractivity contribution in [1.29, 1.82) is 0 Å². The molecule has 1 N–H and O–H groups in total. The molecular formula is C17H29NO2. The minimum absolute atomic E-state index is 0.539. The maximum Gasteiger partial charge on any atom is 0.161 e. The first kappa shape index (κ1) is 16.8. The molecule has 20 heavy (non-hydrogen) atoms. The highest BCUT2D eigenvalue weighted by atomic mass is 16.5. The zero-order valence-electron chi connectivity index (χ0n) is 13.5. The maximum absolute atomic E-state index is 5.67. The Morgan fingerprint density at radius 1 is 1.00 bits per heavy atom. The monoisotopic (exact) mass is 279 g/mol. The van der Waals surface area contributed by atoms with Crippen LogP contribution in [-0.4, -0.2) is 25.8 Å². The Bertz CT molecular complexity index is 391. The summed E-state index contributed by atoms with van der Waals surface area (Å²) in [6, 6.07) is 6.81. The standard InChI is InChI=1S/C17H29NO2/c1-6-19-16-9-8-15(11-17(16)20-7-2)10-14(5)12-18-13(3)4/h8-9,11,13-14,18H,6-7,10,12H2,1-5H3. The lowest BCUT2D eigenvalue weighted by atomic mass is 10.0. The molecule has 1 atom stereocenters. The Labute approximate surface area is 123 Å². The van der Waals surface area contributed by atoms with E-state index < -0.39 is 0 Å². The third-order valence-electron chi connectivity index (χ3n) is 3.07. The third kappa shape index (κ3) is 5.83. The summed E-state index contributed by atoms with van der Waals surface area (Å²) in [6.07, 6.45) is 1.05. The summed E-state index contributed by atoms with van der Waals surface area (Å²) in [5.74, 6) is 2.30. The highest BCUT2D eigenvalue weighted by Crippen LogP contribution is 2.29. The quantitative estimate of drug-likeness (QED) is 0.748. The van der Waals surface area contributed by atoms with Crippen molar-refractivity contribution >= 4 is 0 Å². The van der Waals surface area contributed by atoms with Crippen molar-refractivity contribution in [3.63, 3.8) is 0 Å². The van der Waals surface area contributed by atoms with Gasteiger partial charge in [0.15, 0.2) is 11.5 Å². The van der Waals surface area contributed by atoms with Crippen molar-refractivity contribution in [3.8, 4) is 11.5 Å². The van der Waals surface area contributed by atoms with Crippen molar-refractivity contribution in [2.75, 3.05) is 19.8 Å². The van der Waals surface area contributed by atoms with Gasteiger partial charge in [-0.1, -0.05) is 26.8 Å². The van der Waals surface area contributed by atoms with Gasteiger partial charge in [0.2, 0.25) is 0 Å². The summed E-state index contributed by atoms with van der Waals surface area (Å²) < 4.78 is 11.3. The van der Waals surface area contributed by atoms with E-state index in [1.807, 2.05) is 19.9 Å². The molecular weight excluding hydrogens is 250 g/mol. The van der Waals surface area contributed by atoms with E-state index in [0.717, 1.165) is 24.5 Å². The zero-order valence-corrected chi connectivity index (χ0v) is 13.5. The molecule has 0 saturated heterocycles. The average molecular weight is 279 g/mol. The van der Waals surface area contributed by atoms with E-state index in [-0.39, 0.29) is 0 Å². The van der Waals surface area contributed by atoms with Crippen molar-refractivity contribution in [3.05, 3.63) is 23.8 Å². The van der Waals surface area contributed by atoms with Crippen molar-refractivity contribution < 1.29 is 9.47 Å². The van der Waals surface area contributed by atoms with E-state index in [4.69, 9.17) is 9.47 Å². The molecule has 0 spiro atoms. The van der Waals surface area contributed by atoms with Crippen LogP contribution in [0.1, 0.15) is 40.2 Å². The summed E-state index contributed by atoms with van der Waals surface area (Å²) in [5, 5.41) is 3.48. The molecule has 0 saturated carbocycles. The normalized spacial score (nSPS) is 12.5. The van der Waals surface area contributed by atoms with Crippen LogP contribution in [0.15, 0.2) is 18.2 Å². The van der Waals surface area contributed by atoms with E-state index in [9.17, 15) is 0 Å². The number of hydrogen-bond donors (Lipinski definition) is 1. The molecule has 0 aromatic heterocycles. The predicted octanol–water partition coefficient (Wildman–Crippen LogP) is 3.66. The molecule has 0 aliphatic rings. The van der Waals surface area contributed by atoms with Crippen molar-refractivity contribution in [2.45, 2.75) is 47.1 Å². The van der Waals surface area contributed by atoms with Gasteiger partial charge in [-0.2, -0.15) is 0 Å². The number of hydrogen-bond acceptors (Lipinski definition) is 3. The van der Waals surface area contributed by atoms with Crippen LogP contribution >= 0.6 is 0 Å². The molecule has 1 rings (SSSR count). The number of benzene rings is 1. The lowest BCUT2D eigenvalue weighted by molar-refractivity contribution is 0.287. The molecule has 3 nitrogen and oxygen atoms in total. The Morgan fingerprint density at radius 3 is 2.25 bits per heavy atom. The molecule has 0 radical (unpaired) electrons. The van der Waals surface area contributed by atoms with Gasteiger partial charge >= 0.3 is 0 Å². The van der Waals surface area contributed by atoms with Crippen LogP contribution in [0.3, 0.4) is 0 Å². The lowest BCUT2D eigenvalue weighted by Crippen LogP contribution is -2.28. The molecule has 1 aromatic rings. The Hall–Kier alpha value is -1.22. The third-order valence-corrected chi connectivity index (χ3v) is 3.07. The summed E-state index contributed by atoms with van der Waals surface area (Å²) in [5.41, 5.74) is 1.30. The molecule has 0 aliphatic carbocycles. The average Bonchev–Trinajstić information content (AvgIpc) is 2.40. The van der Waals surface area contributed by atoms with Crippen molar-refractivity contribution in [2.24, 2.45) is 5.92 Å². The van der Waals surface area contributed by atoms with Crippen LogP contribution in [0.25, 0.3) is 0 Å². The van der Waals surface area contributed by atoms with Gasteiger partial charge in [-0.3, -0.25) is 0 Å². The molecule has 114 valence electrons. The minimum atomic E-state index is 0.539. The first-order valence-electron chi connectivity index (χ1n) is 7.68. The summed E-state index contributed by atoms with van der Waals surface area (Å²) >= 11 is 0. The van der Waals surface area contributed by atoms with E-state index in [1.165, 1.54) is 5.56 Å². The summed E-state index contributed by atoms with van der Waals surface area (Å²) in [7, 11) is 0. The second kappa shape index (κ2) is 8.85. The largest absolute Gasteiger partial charge is 0.490 e. The van der Waals surface area contributed by atoms with E-state index in [2.05, 4.69) is 38.2 Å². The van der Waals surface area contributed by atoms with Gasteiger partial charge in [0, 0.05) is 6.04 Å². The molecule has 0 aliphatic heterocycles. The van der Waals surface area contributed by atoms with Crippen LogP contribution in [-0.2, 0) is 6.42 Å². The first-order valence-corrected chi connectivity index (χ1v) is 7.68. The van der Waals surface area contributed by atoms with E-state index >= 15 is 0 Å². The van der Waals surface area contributed by atoms with Gasteiger partial charge in [-0.15, -0.1) is 0 Å². The minimum Gasteiger partial charge on any atom is -0.490 e. The molecule has 0 heterocycles. The van der Waals surface area contributed by atoms with Gasteiger partial charge in [0.05, 0.1) is 13.2 Å². The fraction of sp³-hybridized carbons (Fsp3) is 0.647. The zero-order chi connectivity index (χ0) is 15.0. The first-order chi connectivity index (χ1) is 9.56. The molecule has 0 fully saturated rings. The molecule has 1 aromatic carbocycles. The van der Waals surface area contributed by atoms with Gasteiger partial charge in [0.25, 0.3) is 0 Å². The maximum atomic E-state index is 5.67. The fourth-order valence-corrected chi connectivity index (χ4v) is 2.13. The summed E-state index contributed by atoms with van der Waals surface area (Å²) in [6.45, 7) is 13.0. The Balaban J connectivity index is 2.68. The van der Waals surface area contributed by atoms with Crippen LogP contribution in [0.4, 0.5) is 0 Å². The second-order valence-electron chi connectivity index (χ2n) is 5.52. The second-order valence-corrected chi connectivity index (χ2v) is 5.52. The fourth-order valence-electron chi connectivity index (χ4n) is 2.13. The number of ether oxygens (including phenoxy) is 2. The smallest absolute Gasteiger partial charge is 0.161 e.